The van der Waals surface area contributed by atoms with Gasteiger partial charge in [-0.2, -0.15) is 0 Å². The van der Waals surface area contributed by atoms with Crippen molar-refractivity contribution in [3.63, 3.8) is 0 Å². The van der Waals surface area contributed by atoms with Crippen molar-refractivity contribution in [3.8, 4) is 5.75 Å². The molecule has 1 fully saturated rings. The largest absolute Gasteiger partial charge is 0.497 e. The fourth-order valence-corrected chi connectivity index (χ4v) is 5.35. The molecule has 2 aromatic carbocycles. The number of anilines is 1. The van der Waals surface area contributed by atoms with Crippen molar-refractivity contribution in [2.45, 2.75) is 31.8 Å². The molecule has 3 unspecified atom stereocenters. The van der Waals surface area contributed by atoms with E-state index >= 15 is 0 Å². The lowest BCUT2D eigenvalue weighted by Gasteiger charge is -2.38. The summed E-state index contributed by atoms with van der Waals surface area (Å²) in [5.41, 5.74) is 7.42. The fraction of sp³-hybridized carbons (Fsp3) is 0.379. The summed E-state index contributed by atoms with van der Waals surface area (Å²) in [5.74, 6) is 0.288. The second-order valence-corrected chi connectivity index (χ2v) is 10.0. The Morgan fingerprint density at radius 1 is 1.10 bits per heavy atom. The number of carbonyl (C=O) groups excluding carboxylic acids is 2. The van der Waals surface area contributed by atoms with E-state index in [1.54, 1.807) is 14.2 Å². The number of alkyl carbamates (subject to hydrolysis) is 1. The molecule has 1 aromatic heterocycles. The first-order valence-corrected chi connectivity index (χ1v) is 13.5. The van der Waals surface area contributed by atoms with Gasteiger partial charge in [0.25, 0.3) is 0 Å². The van der Waals surface area contributed by atoms with E-state index in [9.17, 15) is 9.59 Å². The normalized spacial score (nSPS) is 20.5. The lowest BCUT2D eigenvalue weighted by molar-refractivity contribution is -0.127. The van der Waals surface area contributed by atoms with Crippen molar-refractivity contribution in [2.24, 2.45) is 5.92 Å². The predicted molar refractivity (Wildman–Crippen MR) is 152 cm³/mol. The fourth-order valence-electron chi connectivity index (χ4n) is 5.35. The number of hydrogen-bond acceptors (Lipinski definition) is 8. The maximum atomic E-state index is 12.9. The minimum absolute atomic E-state index is 0.0992. The van der Waals surface area contributed by atoms with Gasteiger partial charge in [-0.05, 0) is 35.7 Å². The van der Waals surface area contributed by atoms with Crippen LogP contribution >= 0.6 is 0 Å². The Labute approximate surface area is 234 Å². The summed E-state index contributed by atoms with van der Waals surface area (Å²) in [6.45, 7) is 2.71. The summed E-state index contributed by atoms with van der Waals surface area (Å²) in [5, 5.41) is 12.8. The van der Waals surface area contributed by atoms with Gasteiger partial charge in [-0.3, -0.25) is 19.7 Å². The monoisotopic (exact) mass is 547 g/mol. The van der Waals surface area contributed by atoms with Gasteiger partial charge in [0.05, 0.1) is 25.4 Å². The molecule has 5 N–H and O–H groups in total. The molecule has 0 saturated carbocycles. The van der Waals surface area contributed by atoms with Crippen molar-refractivity contribution in [2.75, 3.05) is 44.7 Å². The standard InChI is InChI=1S/C29H37N7O4/c1-30-28(37)24-17-35(13-12-25(24)34-29(38)40-18-20-7-4-3-5-8-20)16-21-11-14-36-26(21)27(31-19-32-36)33-22-9-6-10-23(15-22)39-2/h3-11,14-15,24-25,27,31-33H,12-13,16-19H2,1-2H3,(H,30,37)(H,34,38). The molecule has 212 valence electrons. The van der Waals surface area contributed by atoms with Crippen molar-refractivity contribution >= 4 is 17.7 Å². The maximum absolute atomic E-state index is 12.9. The van der Waals surface area contributed by atoms with Gasteiger partial charge in [-0.1, -0.05) is 36.4 Å². The minimum Gasteiger partial charge on any atom is -0.497 e. The van der Waals surface area contributed by atoms with Gasteiger partial charge in [0, 0.05) is 50.7 Å². The topological polar surface area (TPSA) is 121 Å². The third-order valence-corrected chi connectivity index (χ3v) is 7.41. The van der Waals surface area contributed by atoms with Gasteiger partial charge in [0.2, 0.25) is 5.91 Å². The van der Waals surface area contributed by atoms with Crippen LogP contribution in [0.15, 0.2) is 66.9 Å². The van der Waals surface area contributed by atoms with E-state index in [1.165, 1.54) is 0 Å². The number of nitrogens with zero attached hydrogens (tertiary/aromatic N) is 2. The first kappa shape index (κ1) is 27.4. The number of piperidine rings is 1. The lowest BCUT2D eigenvalue weighted by atomic mass is 9.91. The highest BCUT2D eigenvalue weighted by Gasteiger charge is 2.36. The smallest absolute Gasteiger partial charge is 0.407 e. The van der Waals surface area contributed by atoms with Crippen LogP contribution in [0.3, 0.4) is 0 Å². The van der Waals surface area contributed by atoms with Gasteiger partial charge in [0.15, 0.2) is 0 Å². The summed E-state index contributed by atoms with van der Waals surface area (Å²) < 4.78 is 12.8. The number of ether oxygens (including phenoxy) is 2. The number of nitrogens with one attached hydrogen (secondary N) is 5. The molecule has 1 saturated heterocycles. The molecule has 2 aliphatic rings. The molecule has 2 aliphatic heterocycles. The van der Waals surface area contributed by atoms with Crippen LogP contribution in [-0.2, 0) is 22.7 Å². The van der Waals surface area contributed by atoms with E-state index in [-0.39, 0.29) is 24.7 Å². The molecule has 5 rings (SSSR count). The molecule has 0 bridgehead atoms. The van der Waals surface area contributed by atoms with Crippen LogP contribution in [0.25, 0.3) is 0 Å². The van der Waals surface area contributed by atoms with Gasteiger partial charge < -0.3 is 30.8 Å². The average molecular weight is 548 g/mol. The zero-order chi connectivity index (χ0) is 27.9. The van der Waals surface area contributed by atoms with Crippen LogP contribution in [-0.4, -0.2) is 61.5 Å². The van der Waals surface area contributed by atoms with Gasteiger partial charge >= 0.3 is 6.09 Å². The number of amides is 2. The molecule has 0 spiro atoms. The van der Waals surface area contributed by atoms with E-state index in [2.05, 4.69) is 37.7 Å². The number of aromatic nitrogens is 1. The Morgan fingerprint density at radius 2 is 1.95 bits per heavy atom. The molecular formula is C29H37N7O4. The molecule has 11 heteroatoms. The van der Waals surface area contributed by atoms with Crippen LogP contribution in [0.4, 0.5) is 10.5 Å². The Bertz CT molecular complexity index is 1300. The van der Waals surface area contributed by atoms with E-state index in [1.807, 2.05) is 65.5 Å². The number of likely N-dealkylation sites (tertiary alicyclic amines) is 1. The molecule has 3 heterocycles. The minimum atomic E-state index is -0.513. The van der Waals surface area contributed by atoms with Crippen molar-refractivity contribution in [1.82, 2.24) is 25.5 Å². The van der Waals surface area contributed by atoms with Crippen LogP contribution < -0.4 is 31.4 Å². The van der Waals surface area contributed by atoms with Gasteiger partial charge in [-0.25, -0.2) is 4.79 Å². The highest BCUT2D eigenvalue weighted by molar-refractivity contribution is 5.80. The molecule has 0 aliphatic carbocycles. The number of hydrogen-bond donors (Lipinski definition) is 5. The molecular weight excluding hydrogens is 510 g/mol. The third kappa shape index (κ3) is 6.49. The zero-order valence-electron chi connectivity index (χ0n) is 22.9. The predicted octanol–water partition coefficient (Wildman–Crippen LogP) is 2.57. The summed E-state index contributed by atoms with van der Waals surface area (Å²) >= 11 is 0. The number of fused-ring (bicyclic) bond motifs is 1. The molecule has 0 radical (unpaired) electrons. The number of methoxy groups -OCH3 is 1. The Kier molecular flexibility index (Phi) is 8.72. The maximum Gasteiger partial charge on any atom is 0.407 e. The average Bonchev–Trinajstić information content (AvgIpc) is 3.40. The van der Waals surface area contributed by atoms with Crippen molar-refractivity contribution < 1.29 is 19.1 Å². The highest BCUT2D eigenvalue weighted by Crippen LogP contribution is 2.28. The van der Waals surface area contributed by atoms with Crippen molar-refractivity contribution in [1.29, 1.82) is 0 Å². The van der Waals surface area contributed by atoms with Crippen molar-refractivity contribution in [3.05, 3.63) is 83.7 Å². The third-order valence-electron chi connectivity index (χ3n) is 7.41. The Hall–Kier alpha value is -4.22. The van der Waals surface area contributed by atoms with Crippen LogP contribution in [0.1, 0.15) is 29.4 Å². The first-order valence-electron chi connectivity index (χ1n) is 13.5. The van der Waals surface area contributed by atoms with Gasteiger partial charge in [-0.15, -0.1) is 0 Å². The lowest BCUT2D eigenvalue weighted by Crippen LogP contribution is -2.55. The summed E-state index contributed by atoms with van der Waals surface area (Å²) in [6, 6.07) is 19.2. The number of rotatable bonds is 9. The van der Waals surface area contributed by atoms with E-state index in [0.717, 1.165) is 34.8 Å². The summed E-state index contributed by atoms with van der Waals surface area (Å²) in [7, 11) is 3.28. The van der Waals surface area contributed by atoms with Crippen LogP contribution in [0.5, 0.6) is 5.75 Å². The Balaban J connectivity index is 1.23. The second kappa shape index (κ2) is 12.8. The first-order chi connectivity index (χ1) is 19.5. The molecule has 40 heavy (non-hydrogen) atoms. The molecule has 2 amide bonds. The summed E-state index contributed by atoms with van der Waals surface area (Å²) in [4.78, 5) is 27.7. The number of benzene rings is 2. The van der Waals surface area contributed by atoms with E-state index < -0.39 is 12.0 Å². The van der Waals surface area contributed by atoms with Crippen LogP contribution in [0, 0.1) is 5.92 Å². The SMILES string of the molecule is CNC(=O)C1CN(Cc2ccn3c2C(Nc2cccc(OC)c2)NCN3)CCC1NC(=O)OCc1ccccc1. The molecule has 3 aromatic rings. The second-order valence-electron chi connectivity index (χ2n) is 10.0. The van der Waals surface area contributed by atoms with E-state index in [4.69, 9.17) is 9.47 Å². The van der Waals surface area contributed by atoms with E-state index in [0.29, 0.717) is 26.2 Å². The summed E-state index contributed by atoms with van der Waals surface area (Å²) in [6.07, 6.45) is 2.03. The number of carbonyl (C=O) groups is 2. The zero-order valence-corrected chi connectivity index (χ0v) is 22.9. The Morgan fingerprint density at radius 3 is 2.75 bits per heavy atom. The quantitative estimate of drug-likeness (QED) is 0.277. The van der Waals surface area contributed by atoms with Gasteiger partial charge in [0.1, 0.15) is 18.5 Å². The van der Waals surface area contributed by atoms with Crippen LogP contribution in [0.2, 0.25) is 0 Å². The molecule has 3 atom stereocenters. The molecule has 11 nitrogen and oxygen atoms in total. The highest BCUT2D eigenvalue weighted by atomic mass is 16.5.